The van der Waals surface area contributed by atoms with Crippen molar-refractivity contribution in [2.75, 3.05) is 5.32 Å². The number of benzene rings is 1. The van der Waals surface area contributed by atoms with Crippen LogP contribution in [0.5, 0.6) is 0 Å². The van der Waals surface area contributed by atoms with Gasteiger partial charge in [0.05, 0.1) is 0 Å². The quantitative estimate of drug-likeness (QED) is 0.768. The maximum atomic E-state index is 10.0. The van der Waals surface area contributed by atoms with Crippen LogP contribution in [0.15, 0.2) is 28.7 Å². The number of rotatable bonds is 1. The van der Waals surface area contributed by atoms with Crippen LogP contribution in [0.1, 0.15) is 0 Å². The Morgan fingerprint density at radius 2 is 1.82 bits per heavy atom. The lowest BCUT2D eigenvalue weighted by molar-refractivity contribution is 0.185. The van der Waals surface area contributed by atoms with Gasteiger partial charge < -0.3 is 0 Å². The Labute approximate surface area is 72.2 Å². The van der Waals surface area contributed by atoms with Gasteiger partial charge in [-0.2, -0.15) is 0 Å². The molecule has 1 aromatic carbocycles. The Kier molecular flexibility index (Phi) is 2.48. The van der Waals surface area contributed by atoms with Gasteiger partial charge in [0.2, 0.25) is 0 Å². The van der Waals surface area contributed by atoms with E-state index in [2.05, 4.69) is 21.2 Å². The van der Waals surface area contributed by atoms with Crippen LogP contribution >= 0.6 is 15.9 Å². The second kappa shape index (κ2) is 3.39. The van der Waals surface area contributed by atoms with Crippen LogP contribution in [-0.2, 0) is 5.11 Å². The average molecular weight is 215 g/mol. The number of nitrogens with one attached hydrogen (secondary N) is 1. The average Bonchev–Trinajstić information content (AvgIpc) is 1.93. The number of hydrogen-bond acceptors (Lipinski definition) is 1. The Hall–Kier alpha value is -1.03. The van der Waals surface area contributed by atoms with Crippen LogP contribution in [0.2, 0.25) is 0 Å². The van der Waals surface area contributed by atoms with E-state index in [1.165, 1.54) is 0 Å². The highest BCUT2D eigenvalue weighted by Crippen LogP contribution is 2.13. The third kappa shape index (κ3) is 2.59. The second-order valence-corrected chi connectivity index (χ2v) is 2.84. The first-order valence-corrected chi connectivity index (χ1v) is 3.71. The molecule has 0 saturated carbocycles. The summed E-state index contributed by atoms with van der Waals surface area (Å²) in [5.41, 5.74) is 0.508. The van der Waals surface area contributed by atoms with Crippen molar-refractivity contribution < 1.29 is 9.90 Å². The molecule has 57 valence electrons. The Morgan fingerprint density at radius 3 is 2.27 bits per heavy atom. The number of carbonyl (C=O) groups is 1. The number of amides is 1. The molecule has 1 radical (unpaired) electrons. The van der Waals surface area contributed by atoms with Crippen molar-refractivity contribution in [1.29, 1.82) is 0 Å². The van der Waals surface area contributed by atoms with Crippen molar-refractivity contribution in [3.63, 3.8) is 0 Å². The Bertz CT molecular complexity index is 258. The van der Waals surface area contributed by atoms with Gasteiger partial charge in [0.15, 0.2) is 0 Å². The van der Waals surface area contributed by atoms with Crippen molar-refractivity contribution in [2.24, 2.45) is 0 Å². The number of carbonyl (C=O) groups excluding carboxylic acids is 1. The highest BCUT2D eigenvalue weighted by Gasteiger charge is 1.97. The molecular formula is C7H5BrNO2. The summed E-state index contributed by atoms with van der Waals surface area (Å²) >= 11 is 3.22. The van der Waals surface area contributed by atoms with E-state index < -0.39 is 6.09 Å². The molecule has 4 heteroatoms. The maximum absolute atomic E-state index is 10.0. The highest BCUT2D eigenvalue weighted by molar-refractivity contribution is 9.10. The topological polar surface area (TPSA) is 49.0 Å². The zero-order valence-corrected chi connectivity index (χ0v) is 7.09. The normalized spacial score (nSPS) is 9.18. The summed E-state index contributed by atoms with van der Waals surface area (Å²) in [7, 11) is 0. The molecule has 1 aromatic rings. The third-order valence-electron chi connectivity index (χ3n) is 1.09. The highest BCUT2D eigenvalue weighted by atomic mass is 79.9. The summed E-state index contributed by atoms with van der Waals surface area (Å²) in [6, 6.07) is 6.76. The van der Waals surface area contributed by atoms with Crippen molar-refractivity contribution in [3.8, 4) is 0 Å². The minimum Gasteiger partial charge on any atom is -0.288 e. The van der Waals surface area contributed by atoms with Crippen LogP contribution in [0.3, 0.4) is 0 Å². The van der Waals surface area contributed by atoms with Crippen LogP contribution in [0, 0.1) is 0 Å². The second-order valence-electron chi connectivity index (χ2n) is 1.92. The van der Waals surface area contributed by atoms with Crippen LogP contribution in [0.4, 0.5) is 10.5 Å². The summed E-state index contributed by atoms with van der Waals surface area (Å²) in [6.07, 6.45) is -1.30. The predicted molar refractivity (Wildman–Crippen MR) is 43.8 cm³/mol. The van der Waals surface area contributed by atoms with Crippen LogP contribution in [0.25, 0.3) is 0 Å². The fourth-order valence-corrected chi connectivity index (χ4v) is 0.915. The van der Waals surface area contributed by atoms with Crippen molar-refractivity contribution in [1.82, 2.24) is 0 Å². The lowest BCUT2D eigenvalue weighted by Crippen LogP contribution is -2.04. The first-order chi connectivity index (χ1) is 5.18. The van der Waals surface area contributed by atoms with Crippen LogP contribution in [-0.4, -0.2) is 6.09 Å². The van der Waals surface area contributed by atoms with E-state index in [4.69, 9.17) is 0 Å². The monoisotopic (exact) mass is 214 g/mol. The zero-order valence-electron chi connectivity index (χ0n) is 5.50. The minimum absolute atomic E-state index is 0.508. The minimum atomic E-state index is -1.30. The Balaban J connectivity index is 2.74. The molecule has 0 saturated heterocycles. The molecule has 0 aliphatic heterocycles. The van der Waals surface area contributed by atoms with Gasteiger partial charge in [0.1, 0.15) is 0 Å². The maximum Gasteiger partial charge on any atom is 0.454 e. The van der Waals surface area contributed by atoms with E-state index in [9.17, 15) is 9.90 Å². The van der Waals surface area contributed by atoms with Crippen molar-refractivity contribution >= 4 is 27.7 Å². The standard InChI is InChI=1S/C7H5BrNO2/c8-5-1-3-6(4-2-5)9-7(10)11/h1-4,9H. The third-order valence-corrected chi connectivity index (χ3v) is 1.62. The summed E-state index contributed by atoms with van der Waals surface area (Å²) < 4.78 is 0.904. The van der Waals surface area contributed by atoms with Gasteiger partial charge in [-0.1, -0.05) is 15.9 Å². The molecule has 0 aliphatic carbocycles. The molecule has 3 nitrogen and oxygen atoms in total. The molecule has 1 rings (SSSR count). The number of anilines is 1. The molecule has 1 N–H and O–H groups in total. The molecule has 0 aliphatic rings. The summed E-state index contributed by atoms with van der Waals surface area (Å²) in [6.45, 7) is 0. The van der Waals surface area contributed by atoms with E-state index in [-0.39, 0.29) is 0 Å². The first kappa shape index (κ1) is 8.07. The Morgan fingerprint density at radius 1 is 1.27 bits per heavy atom. The molecule has 1 amide bonds. The first-order valence-electron chi connectivity index (χ1n) is 2.92. The molecular weight excluding hydrogens is 210 g/mol. The molecule has 0 unspecified atom stereocenters. The predicted octanol–water partition coefficient (Wildman–Crippen LogP) is 2.41. The van der Waals surface area contributed by atoms with Gasteiger partial charge in [0, 0.05) is 10.2 Å². The lowest BCUT2D eigenvalue weighted by atomic mass is 10.3. The lowest BCUT2D eigenvalue weighted by Gasteiger charge is -1.97. The molecule has 0 fully saturated rings. The molecule has 0 bridgehead atoms. The van der Waals surface area contributed by atoms with Gasteiger partial charge in [-0.05, 0) is 24.3 Å². The van der Waals surface area contributed by atoms with E-state index >= 15 is 0 Å². The number of halogens is 1. The molecule has 11 heavy (non-hydrogen) atoms. The smallest absolute Gasteiger partial charge is 0.288 e. The fourth-order valence-electron chi connectivity index (χ4n) is 0.651. The van der Waals surface area contributed by atoms with Crippen molar-refractivity contribution in [3.05, 3.63) is 28.7 Å². The van der Waals surface area contributed by atoms with E-state index in [1.807, 2.05) is 0 Å². The van der Waals surface area contributed by atoms with Gasteiger partial charge in [-0.3, -0.25) is 5.32 Å². The molecule has 0 heterocycles. The van der Waals surface area contributed by atoms with E-state index in [0.717, 1.165) is 4.47 Å². The number of hydrogen-bond donors (Lipinski definition) is 1. The van der Waals surface area contributed by atoms with Crippen LogP contribution < -0.4 is 5.32 Å². The zero-order chi connectivity index (χ0) is 8.27. The fraction of sp³-hybridized carbons (Fsp3) is 0. The molecule has 0 atom stereocenters. The van der Waals surface area contributed by atoms with E-state index in [1.54, 1.807) is 24.3 Å². The van der Waals surface area contributed by atoms with Gasteiger partial charge in [-0.25, -0.2) is 9.90 Å². The van der Waals surface area contributed by atoms with Gasteiger partial charge >= 0.3 is 6.09 Å². The van der Waals surface area contributed by atoms with Gasteiger partial charge in [-0.15, -0.1) is 0 Å². The van der Waals surface area contributed by atoms with Crippen molar-refractivity contribution in [2.45, 2.75) is 0 Å². The summed E-state index contributed by atoms with van der Waals surface area (Å²) in [5, 5.41) is 12.1. The SMILES string of the molecule is [O]C(=O)Nc1ccc(Br)cc1. The summed E-state index contributed by atoms with van der Waals surface area (Å²) in [4.78, 5) is 10.0. The largest absolute Gasteiger partial charge is 0.454 e. The summed E-state index contributed by atoms with van der Waals surface area (Å²) in [5.74, 6) is 0. The van der Waals surface area contributed by atoms with Gasteiger partial charge in [0.25, 0.3) is 0 Å². The van der Waals surface area contributed by atoms with E-state index in [0.29, 0.717) is 5.69 Å². The molecule has 0 spiro atoms. The molecule has 0 aromatic heterocycles.